The number of benzene rings is 1. The third-order valence-electron chi connectivity index (χ3n) is 3.31. The lowest BCUT2D eigenvalue weighted by atomic mass is 10.1. The predicted octanol–water partition coefficient (Wildman–Crippen LogP) is 2.98. The normalized spacial score (nSPS) is 26.1. The van der Waals surface area contributed by atoms with Crippen molar-refractivity contribution >= 4 is 15.9 Å². The van der Waals surface area contributed by atoms with E-state index in [0.29, 0.717) is 12.1 Å². The second kappa shape index (κ2) is 5.98. The minimum atomic E-state index is 0.330. The van der Waals surface area contributed by atoms with Crippen molar-refractivity contribution in [3.05, 3.63) is 35.4 Å². The fourth-order valence-corrected chi connectivity index (χ4v) is 2.51. The number of hydrogen-bond donors (Lipinski definition) is 0. The highest BCUT2D eigenvalue weighted by Gasteiger charge is 2.25. The average molecular weight is 298 g/mol. The molecule has 0 bridgehead atoms. The Hall–Kier alpha value is -0.380. The van der Waals surface area contributed by atoms with Crippen molar-refractivity contribution in [3.8, 4) is 0 Å². The van der Waals surface area contributed by atoms with Crippen molar-refractivity contribution in [2.24, 2.45) is 0 Å². The molecular formula is C14H20BrNO. The summed E-state index contributed by atoms with van der Waals surface area (Å²) in [6, 6.07) is 9.32. The number of morpholine rings is 1. The van der Waals surface area contributed by atoms with Gasteiger partial charge >= 0.3 is 0 Å². The molecule has 0 N–H and O–H groups in total. The summed E-state index contributed by atoms with van der Waals surface area (Å²) in [6.07, 6.45) is 0.330. The van der Waals surface area contributed by atoms with Crippen LogP contribution in [0.5, 0.6) is 0 Å². The molecule has 1 aliphatic heterocycles. The first kappa shape index (κ1) is 13.1. The van der Waals surface area contributed by atoms with Crippen molar-refractivity contribution in [1.29, 1.82) is 0 Å². The lowest BCUT2D eigenvalue weighted by molar-refractivity contribution is -0.0499. The van der Waals surface area contributed by atoms with Crippen LogP contribution in [-0.2, 0) is 11.3 Å². The minimum absolute atomic E-state index is 0.330. The van der Waals surface area contributed by atoms with E-state index in [9.17, 15) is 0 Å². The Balaban J connectivity index is 1.98. The number of halogens is 1. The van der Waals surface area contributed by atoms with Crippen LogP contribution >= 0.6 is 15.9 Å². The second-order valence-corrected chi connectivity index (χ2v) is 5.52. The van der Waals surface area contributed by atoms with Gasteiger partial charge in [0.15, 0.2) is 0 Å². The van der Waals surface area contributed by atoms with Crippen molar-refractivity contribution in [2.75, 3.05) is 18.5 Å². The van der Waals surface area contributed by atoms with Crippen LogP contribution in [0.15, 0.2) is 24.3 Å². The lowest BCUT2D eigenvalue weighted by Crippen LogP contribution is -2.48. The number of nitrogens with zero attached hydrogens (tertiary/aromatic N) is 1. The number of rotatable bonds is 3. The van der Waals surface area contributed by atoms with Crippen LogP contribution in [0.3, 0.4) is 0 Å². The van der Waals surface area contributed by atoms with Crippen LogP contribution in [0.25, 0.3) is 0 Å². The van der Waals surface area contributed by atoms with Gasteiger partial charge in [0.05, 0.1) is 12.7 Å². The summed E-state index contributed by atoms with van der Waals surface area (Å²) < 4.78 is 5.74. The number of ether oxygens (including phenoxy) is 1. The van der Waals surface area contributed by atoms with Crippen LogP contribution in [0.2, 0.25) is 0 Å². The standard InChI is InChI=1S/C14H20BrNO/c1-11-3-5-13(6-4-11)8-16-9-14(7-15)17-10-12(16)2/h3-6,12,14H,7-10H2,1-2H3. The van der Waals surface area contributed by atoms with E-state index in [2.05, 4.69) is 58.9 Å². The van der Waals surface area contributed by atoms with Gasteiger partial charge in [-0.1, -0.05) is 45.8 Å². The highest BCUT2D eigenvalue weighted by molar-refractivity contribution is 9.09. The van der Waals surface area contributed by atoms with Gasteiger partial charge in [-0.05, 0) is 19.4 Å². The quantitative estimate of drug-likeness (QED) is 0.796. The molecule has 1 aliphatic rings. The first-order chi connectivity index (χ1) is 8.19. The van der Waals surface area contributed by atoms with Gasteiger partial charge in [-0.3, -0.25) is 4.90 Å². The molecule has 1 aromatic carbocycles. The fourth-order valence-electron chi connectivity index (χ4n) is 2.12. The van der Waals surface area contributed by atoms with Gasteiger partial charge < -0.3 is 4.74 Å². The Morgan fingerprint density at radius 1 is 1.35 bits per heavy atom. The molecule has 0 spiro atoms. The van der Waals surface area contributed by atoms with E-state index < -0.39 is 0 Å². The first-order valence-electron chi connectivity index (χ1n) is 6.16. The molecule has 2 nitrogen and oxygen atoms in total. The Morgan fingerprint density at radius 2 is 2.06 bits per heavy atom. The summed E-state index contributed by atoms with van der Waals surface area (Å²) in [6.45, 7) is 7.23. The van der Waals surface area contributed by atoms with Crippen molar-refractivity contribution < 1.29 is 4.74 Å². The van der Waals surface area contributed by atoms with Gasteiger partial charge in [-0.15, -0.1) is 0 Å². The smallest absolute Gasteiger partial charge is 0.0799 e. The molecule has 2 atom stereocenters. The molecule has 3 heteroatoms. The molecule has 17 heavy (non-hydrogen) atoms. The van der Waals surface area contributed by atoms with Crippen molar-refractivity contribution in [3.63, 3.8) is 0 Å². The zero-order valence-electron chi connectivity index (χ0n) is 10.5. The molecule has 0 radical (unpaired) electrons. The third kappa shape index (κ3) is 3.54. The molecule has 0 aromatic heterocycles. The van der Waals surface area contributed by atoms with Gasteiger partial charge in [-0.25, -0.2) is 0 Å². The molecule has 0 saturated carbocycles. The van der Waals surface area contributed by atoms with Crippen LogP contribution in [0.1, 0.15) is 18.1 Å². The summed E-state index contributed by atoms with van der Waals surface area (Å²) in [5.74, 6) is 0. The molecule has 1 heterocycles. The van der Waals surface area contributed by atoms with E-state index in [1.165, 1.54) is 11.1 Å². The molecule has 0 aliphatic carbocycles. The van der Waals surface area contributed by atoms with E-state index in [1.807, 2.05) is 0 Å². The van der Waals surface area contributed by atoms with Gasteiger partial charge in [0.25, 0.3) is 0 Å². The number of hydrogen-bond acceptors (Lipinski definition) is 2. The molecule has 2 rings (SSSR count). The minimum Gasteiger partial charge on any atom is -0.374 e. The maximum atomic E-state index is 5.74. The maximum absolute atomic E-state index is 5.74. The largest absolute Gasteiger partial charge is 0.374 e. The topological polar surface area (TPSA) is 12.5 Å². The first-order valence-corrected chi connectivity index (χ1v) is 7.28. The van der Waals surface area contributed by atoms with Crippen LogP contribution in [0.4, 0.5) is 0 Å². The van der Waals surface area contributed by atoms with E-state index in [0.717, 1.165) is 25.0 Å². The van der Waals surface area contributed by atoms with Crippen molar-refractivity contribution in [2.45, 2.75) is 32.5 Å². The molecular weight excluding hydrogens is 278 g/mol. The lowest BCUT2D eigenvalue weighted by Gasteiger charge is -2.37. The molecule has 1 saturated heterocycles. The predicted molar refractivity (Wildman–Crippen MR) is 74.6 cm³/mol. The third-order valence-corrected chi connectivity index (χ3v) is 4.04. The van der Waals surface area contributed by atoms with Gasteiger partial charge in [0.1, 0.15) is 0 Å². The second-order valence-electron chi connectivity index (χ2n) is 4.87. The monoisotopic (exact) mass is 297 g/mol. The summed E-state index contributed by atoms with van der Waals surface area (Å²) in [5, 5.41) is 0.921. The molecule has 2 unspecified atom stereocenters. The van der Waals surface area contributed by atoms with Gasteiger partial charge in [-0.2, -0.15) is 0 Å². The summed E-state index contributed by atoms with van der Waals surface area (Å²) in [4.78, 5) is 2.50. The Labute approximate surface area is 112 Å². The van der Waals surface area contributed by atoms with Crippen LogP contribution < -0.4 is 0 Å². The molecule has 0 amide bonds. The van der Waals surface area contributed by atoms with Crippen LogP contribution in [0, 0.1) is 6.92 Å². The Bertz CT molecular complexity index is 352. The number of alkyl halides is 1. The zero-order valence-corrected chi connectivity index (χ0v) is 12.1. The molecule has 94 valence electrons. The van der Waals surface area contributed by atoms with Crippen molar-refractivity contribution in [1.82, 2.24) is 4.90 Å². The maximum Gasteiger partial charge on any atom is 0.0799 e. The fraction of sp³-hybridized carbons (Fsp3) is 0.571. The van der Waals surface area contributed by atoms with E-state index in [1.54, 1.807) is 0 Å². The Morgan fingerprint density at radius 3 is 2.71 bits per heavy atom. The van der Waals surface area contributed by atoms with Crippen LogP contribution in [-0.4, -0.2) is 35.5 Å². The summed E-state index contributed by atoms with van der Waals surface area (Å²) in [5.41, 5.74) is 2.71. The van der Waals surface area contributed by atoms with Gasteiger partial charge in [0.2, 0.25) is 0 Å². The highest BCUT2D eigenvalue weighted by atomic mass is 79.9. The van der Waals surface area contributed by atoms with Gasteiger partial charge in [0, 0.05) is 24.5 Å². The SMILES string of the molecule is Cc1ccc(CN2CC(CBr)OCC2C)cc1. The van der Waals surface area contributed by atoms with E-state index in [4.69, 9.17) is 4.74 Å². The highest BCUT2D eigenvalue weighted by Crippen LogP contribution is 2.16. The molecule has 1 fully saturated rings. The van der Waals surface area contributed by atoms with E-state index >= 15 is 0 Å². The summed E-state index contributed by atoms with van der Waals surface area (Å²) in [7, 11) is 0. The Kier molecular flexibility index (Phi) is 4.60. The average Bonchev–Trinajstić information content (AvgIpc) is 2.35. The molecule has 1 aromatic rings. The van der Waals surface area contributed by atoms with E-state index in [-0.39, 0.29) is 0 Å². The number of aryl methyl sites for hydroxylation is 1. The zero-order chi connectivity index (χ0) is 12.3. The summed E-state index contributed by atoms with van der Waals surface area (Å²) >= 11 is 3.50.